The highest BCUT2D eigenvalue weighted by Gasteiger charge is 2.28. The van der Waals surface area contributed by atoms with Crippen LogP contribution in [0.2, 0.25) is 0 Å². The van der Waals surface area contributed by atoms with Crippen LogP contribution in [0.15, 0.2) is 18.2 Å². The topological polar surface area (TPSA) is 61.9 Å². The van der Waals surface area contributed by atoms with Gasteiger partial charge in [-0.1, -0.05) is 12.1 Å². The Morgan fingerprint density at radius 2 is 1.83 bits per heavy atom. The third-order valence-corrected chi connectivity index (χ3v) is 4.29. The van der Waals surface area contributed by atoms with Crippen LogP contribution in [0.5, 0.6) is 0 Å². The Hall–Kier alpha value is -2.24. The Labute approximate surface area is 142 Å². The number of hydrogen-bond acceptors (Lipinski definition) is 4. The number of carbonyl (C=O) groups excluding carboxylic acids is 2. The van der Waals surface area contributed by atoms with Gasteiger partial charge in [-0.3, -0.25) is 4.79 Å². The SMILES string of the molecule is CC(C)(C)OC(=O)N1CCN(c2cccc3c2NC(=O)CC3)CC1. The molecule has 0 unspecified atom stereocenters. The third-order valence-electron chi connectivity index (χ3n) is 4.29. The van der Waals surface area contributed by atoms with Crippen LogP contribution in [0.4, 0.5) is 16.2 Å². The van der Waals surface area contributed by atoms with Crippen molar-refractivity contribution in [2.24, 2.45) is 0 Å². The summed E-state index contributed by atoms with van der Waals surface area (Å²) in [7, 11) is 0. The summed E-state index contributed by atoms with van der Waals surface area (Å²) >= 11 is 0. The number of anilines is 2. The maximum absolute atomic E-state index is 12.2. The number of carbonyl (C=O) groups is 2. The molecule has 0 saturated carbocycles. The first-order chi connectivity index (χ1) is 11.3. The first-order valence-electron chi connectivity index (χ1n) is 8.48. The first-order valence-corrected chi connectivity index (χ1v) is 8.48. The number of rotatable bonds is 1. The molecule has 0 radical (unpaired) electrons. The van der Waals surface area contributed by atoms with Crippen LogP contribution < -0.4 is 10.2 Å². The molecule has 2 amide bonds. The predicted octanol–water partition coefficient (Wildman–Crippen LogP) is 2.63. The van der Waals surface area contributed by atoms with E-state index in [0.717, 1.165) is 30.9 Å². The molecule has 1 saturated heterocycles. The van der Waals surface area contributed by atoms with Crippen molar-refractivity contribution >= 4 is 23.4 Å². The number of aryl methyl sites for hydroxylation is 1. The number of fused-ring (bicyclic) bond motifs is 1. The molecule has 6 heteroatoms. The number of piperazine rings is 1. The first kappa shape index (κ1) is 16.6. The maximum atomic E-state index is 12.2. The number of para-hydroxylation sites is 1. The van der Waals surface area contributed by atoms with E-state index < -0.39 is 5.60 Å². The zero-order valence-electron chi connectivity index (χ0n) is 14.6. The van der Waals surface area contributed by atoms with Crippen molar-refractivity contribution in [1.82, 2.24) is 4.90 Å². The number of hydrogen-bond donors (Lipinski definition) is 1. The van der Waals surface area contributed by atoms with Crippen LogP contribution in [-0.4, -0.2) is 48.7 Å². The Morgan fingerprint density at radius 1 is 1.12 bits per heavy atom. The average molecular weight is 331 g/mol. The highest BCUT2D eigenvalue weighted by molar-refractivity contribution is 5.98. The molecule has 0 aromatic heterocycles. The molecule has 130 valence electrons. The fourth-order valence-corrected chi connectivity index (χ4v) is 3.11. The van der Waals surface area contributed by atoms with Gasteiger partial charge in [-0.15, -0.1) is 0 Å². The van der Waals surface area contributed by atoms with Gasteiger partial charge in [-0.05, 0) is 38.8 Å². The van der Waals surface area contributed by atoms with Gasteiger partial charge in [-0.2, -0.15) is 0 Å². The highest BCUT2D eigenvalue weighted by Crippen LogP contribution is 2.33. The van der Waals surface area contributed by atoms with Gasteiger partial charge < -0.3 is 19.9 Å². The van der Waals surface area contributed by atoms with Crippen molar-refractivity contribution < 1.29 is 14.3 Å². The van der Waals surface area contributed by atoms with Crippen molar-refractivity contribution in [3.05, 3.63) is 23.8 Å². The zero-order valence-corrected chi connectivity index (χ0v) is 14.6. The van der Waals surface area contributed by atoms with Crippen LogP contribution in [0, 0.1) is 0 Å². The van der Waals surface area contributed by atoms with E-state index >= 15 is 0 Å². The molecule has 0 atom stereocenters. The van der Waals surface area contributed by atoms with Gasteiger partial charge in [0.1, 0.15) is 5.60 Å². The average Bonchev–Trinajstić information content (AvgIpc) is 2.53. The molecule has 0 spiro atoms. The van der Waals surface area contributed by atoms with Crippen LogP contribution in [0.3, 0.4) is 0 Å². The second-order valence-corrected chi connectivity index (χ2v) is 7.31. The minimum Gasteiger partial charge on any atom is -0.444 e. The predicted molar refractivity (Wildman–Crippen MR) is 93.4 cm³/mol. The molecule has 2 aliphatic rings. The van der Waals surface area contributed by atoms with Crippen molar-refractivity contribution in [1.29, 1.82) is 0 Å². The third kappa shape index (κ3) is 3.63. The lowest BCUT2D eigenvalue weighted by molar-refractivity contribution is -0.116. The Balaban J connectivity index is 1.68. The summed E-state index contributed by atoms with van der Waals surface area (Å²) in [5, 5.41) is 3.00. The molecular formula is C18H25N3O3. The van der Waals surface area contributed by atoms with Crippen LogP contribution in [0.1, 0.15) is 32.8 Å². The molecule has 1 aromatic carbocycles. The van der Waals surface area contributed by atoms with Gasteiger partial charge in [-0.25, -0.2) is 4.79 Å². The maximum Gasteiger partial charge on any atom is 0.410 e. The lowest BCUT2D eigenvalue weighted by Crippen LogP contribution is -2.50. The second kappa shape index (κ2) is 6.34. The minimum atomic E-state index is -0.475. The molecule has 0 bridgehead atoms. The molecular weight excluding hydrogens is 306 g/mol. The van der Waals surface area contributed by atoms with Crippen molar-refractivity contribution in [3.63, 3.8) is 0 Å². The Morgan fingerprint density at radius 3 is 2.50 bits per heavy atom. The van der Waals surface area contributed by atoms with E-state index in [9.17, 15) is 9.59 Å². The van der Waals surface area contributed by atoms with E-state index in [-0.39, 0.29) is 12.0 Å². The van der Waals surface area contributed by atoms with E-state index in [1.807, 2.05) is 32.9 Å². The lowest BCUT2D eigenvalue weighted by Gasteiger charge is -2.38. The van der Waals surface area contributed by atoms with E-state index in [0.29, 0.717) is 19.5 Å². The molecule has 24 heavy (non-hydrogen) atoms. The fraction of sp³-hybridized carbons (Fsp3) is 0.556. The minimum absolute atomic E-state index is 0.0716. The normalized spacial score (nSPS) is 18.0. The summed E-state index contributed by atoms with van der Waals surface area (Å²) in [4.78, 5) is 27.9. The standard InChI is InChI=1S/C18H25N3O3/c1-18(2,3)24-17(23)21-11-9-20(10-12-21)14-6-4-5-13-7-8-15(22)19-16(13)14/h4-6H,7-12H2,1-3H3,(H,19,22). The van der Waals surface area contributed by atoms with Crippen LogP contribution >= 0.6 is 0 Å². The van der Waals surface area contributed by atoms with Gasteiger partial charge in [0, 0.05) is 32.6 Å². The van der Waals surface area contributed by atoms with E-state index in [1.54, 1.807) is 4.90 Å². The molecule has 1 fully saturated rings. The van der Waals surface area contributed by atoms with E-state index in [2.05, 4.69) is 16.3 Å². The highest BCUT2D eigenvalue weighted by atomic mass is 16.6. The van der Waals surface area contributed by atoms with Crippen molar-refractivity contribution in [2.45, 2.75) is 39.2 Å². The lowest BCUT2D eigenvalue weighted by atomic mass is 10.0. The summed E-state index contributed by atoms with van der Waals surface area (Å²) in [5.74, 6) is 0.0716. The van der Waals surface area contributed by atoms with E-state index in [1.165, 1.54) is 5.56 Å². The smallest absolute Gasteiger partial charge is 0.410 e. The number of nitrogens with one attached hydrogen (secondary N) is 1. The monoisotopic (exact) mass is 331 g/mol. The van der Waals surface area contributed by atoms with Gasteiger partial charge in [0.05, 0.1) is 11.4 Å². The fourth-order valence-electron chi connectivity index (χ4n) is 3.11. The van der Waals surface area contributed by atoms with Crippen molar-refractivity contribution in [2.75, 3.05) is 36.4 Å². The number of nitrogens with zero attached hydrogens (tertiary/aromatic N) is 2. The summed E-state index contributed by atoms with van der Waals surface area (Å²) in [5.41, 5.74) is 2.68. The number of ether oxygens (including phenoxy) is 1. The summed E-state index contributed by atoms with van der Waals surface area (Å²) in [6, 6.07) is 6.13. The molecule has 0 aliphatic carbocycles. The second-order valence-electron chi connectivity index (χ2n) is 7.31. The quantitative estimate of drug-likeness (QED) is 0.859. The van der Waals surface area contributed by atoms with Gasteiger partial charge >= 0.3 is 6.09 Å². The van der Waals surface area contributed by atoms with Gasteiger partial charge in [0.25, 0.3) is 0 Å². The largest absolute Gasteiger partial charge is 0.444 e. The molecule has 6 nitrogen and oxygen atoms in total. The van der Waals surface area contributed by atoms with Gasteiger partial charge in [0.15, 0.2) is 0 Å². The molecule has 2 aliphatic heterocycles. The summed E-state index contributed by atoms with van der Waals surface area (Å²) < 4.78 is 5.43. The molecule has 2 heterocycles. The van der Waals surface area contributed by atoms with E-state index in [4.69, 9.17) is 4.74 Å². The molecule has 1 N–H and O–H groups in total. The van der Waals surface area contributed by atoms with Crippen LogP contribution in [-0.2, 0) is 16.0 Å². The van der Waals surface area contributed by atoms with Crippen LogP contribution in [0.25, 0.3) is 0 Å². The summed E-state index contributed by atoms with van der Waals surface area (Å²) in [6.07, 6.45) is 1.07. The molecule has 1 aromatic rings. The zero-order chi connectivity index (χ0) is 17.3. The Bertz CT molecular complexity index is 643. The Kier molecular flexibility index (Phi) is 4.39. The number of benzene rings is 1. The van der Waals surface area contributed by atoms with Gasteiger partial charge in [0.2, 0.25) is 5.91 Å². The van der Waals surface area contributed by atoms with Crippen molar-refractivity contribution in [3.8, 4) is 0 Å². The molecule has 3 rings (SSSR count). The summed E-state index contributed by atoms with van der Waals surface area (Å²) in [6.45, 7) is 8.32. The number of amides is 2.